The molecule has 0 bridgehead atoms. The van der Waals surface area contributed by atoms with Gasteiger partial charge in [0.05, 0.1) is 6.61 Å². The molecule has 0 aromatic carbocycles. The maximum absolute atomic E-state index is 9.07. The third-order valence-electron chi connectivity index (χ3n) is 3.68. The van der Waals surface area contributed by atoms with Crippen LogP contribution in [0.5, 0.6) is 0 Å². The van der Waals surface area contributed by atoms with Crippen LogP contribution in [0.3, 0.4) is 0 Å². The number of aliphatic hydroxyl groups is 1. The first kappa shape index (κ1) is 16.6. The van der Waals surface area contributed by atoms with Crippen molar-refractivity contribution in [2.45, 2.75) is 32.6 Å². The van der Waals surface area contributed by atoms with E-state index in [1.807, 2.05) is 6.07 Å². The molecule has 0 amide bonds. The first-order valence-corrected chi connectivity index (χ1v) is 8.32. The van der Waals surface area contributed by atoms with Gasteiger partial charge in [0.15, 0.2) is 0 Å². The van der Waals surface area contributed by atoms with Crippen LogP contribution in [0, 0.1) is 0 Å². The SMILES string of the molecule is CC(C)(C)c1nc(Br)cc(N2CCCN(CCO)CC2)n1. The average Bonchev–Trinajstić information content (AvgIpc) is 2.63. The summed E-state index contributed by atoms with van der Waals surface area (Å²) in [7, 11) is 0. The Kier molecular flexibility index (Phi) is 5.57. The zero-order valence-electron chi connectivity index (χ0n) is 13.1. The lowest BCUT2D eigenvalue weighted by Gasteiger charge is -2.25. The standard InChI is InChI=1S/C15H25BrN4O/c1-15(2,3)14-17-12(16)11-13(18-14)20-6-4-5-19(7-8-20)9-10-21/h11,21H,4-10H2,1-3H3. The molecule has 0 spiro atoms. The Morgan fingerprint density at radius 2 is 1.95 bits per heavy atom. The molecule has 2 rings (SSSR count). The van der Waals surface area contributed by atoms with Crippen molar-refractivity contribution in [3.8, 4) is 0 Å². The number of aromatic nitrogens is 2. The molecule has 6 heteroatoms. The molecule has 1 aromatic heterocycles. The van der Waals surface area contributed by atoms with Crippen LogP contribution in [-0.2, 0) is 5.41 Å². The highest BCUT2D eigenvalue weighted by atomic mass is 79.9. The monoisotopic (exact) mass is 356 g/mol. The summed E-state index contributed by atoms with van der Waals surface area (Å²) >= 11 is 3.51. The lowest BCUT2D eigenvalue weighted by molar-refractivity contribution is 0.204. The molecule has 1 fully saturated rings. The van der Waals surface area contributed by atoms with Crippen molar-refractivity contribution in [2.24, 2.45) is 0 Å². The molecule has 21 heavy (non-hydrogen) atoms. The lowest BCUT2D eigenvalue weighted by Crippen LogP contribution is -2.33. The average molecular weight is 357 g/mol. The van der Waals surface area contributed by atoms with Crippen LogP contribution in [0.1, 0.15) is 33.0 Å². The van der Waals surface area contributed by atoms with E-state index in [9.17, 15) is 0 Å². The third-order valence-corrected chi connectivity index (χ3v) is 4.09. The summed E-state index contributed by atoms with van der Waals surface area (Å²) in [6.07, 6.45) is 1.09. The fraction of sp³-hybridized carbons (Fsp3) is 0.733. The summed E-state index contributed by atoms with van der Waals surface area (Å²) in [5.74, 6) is 1.86. The van der Waals surface area contributed by atoms with Gasteiger partial charge in [0.2, 0.25) is 0 Å². The fourth-order valence-electron chi connectivity index (χ4n) is 2.47. The van der Waals surface area contributed by atoms with E-state index in [1.54, 1.807) is 0 Å². The molecule has 0 atom stereocenters. The number of nitrogens with zero attached hydrogens (tertiary/aromatic N) is 4. The minimum Gasteiger partial charge on any atom is -0.395 e. The van der Waals surface area contributed by atoms with Gasteiger partial charge in [0, 0.05) is 37.7 Å². The minimum absolute atomic E-state index is 0.0622. The molecule has 1 saturated heterocycles. The number of hydrogen-bond acceptors (Lipinski definition) is 5. The molecule has 2 heterocycles. The Labute approximate surface area is 135 Å². The van der Waals surface area contributed by atoms with E-state index < -0.39 is 0 Å². The Morgan fingerprint density at radius 1 is 1.19 bits per heavy atom. The summed E-state index contributed by atoms with van der Waals surface area (Å²) < 4.78 is 0.842. The number of halogens is 1. The van der Waals surface area contributed by atoms with Crippen molar-refractivity contribution >= 4 is 21.7 Å². The van der Waals surface area contributed by atoms with Gasteiger partial charge >= 0.3 is 0 Å². The van der Waals surface area contributed by atoms with Crippen molar-refractivity contribution in [3.05, 3.63) is 16.5 Å². The molecule has 1 aliphatic heterocycles. The van der Waals surface area contributed by atoms with Crippen LogP contribution in [0.15, 0.2) is 10.7 Å². The van der Waals surface area contributed by atoms with Crippen LogP contribution in [0.4, 0.5) is 5.82 Å². The Hall–Kier alpha value is -0.720. The summed E-state index contributed by atoms with van der Waals surface area (Å²) in [6, 6.07) is 2.00. The largest absolute Gasteiger partial charge is 0.395 e. The van der Waals surface area contributed by atoms with Crippen LogP contribution >= 0.6 is 15.9 Å². The van der Waals surface area contributed by atoms with Crippen molar-refractivity contribution < 1.29 is 5.11 Å². The highest BCUT2D eigenvalue weighted by Gasteiger charge is 2.21. The molecule has 1 N–H and O–H groups in total. The number of β-amino-alcohol motifs (C(OH)–C–C–N with tert-alkyl or cyclic N) is 1. The number of hydrogen-bond donors (Lipinski definition) is 1. The van der Waals surface area contributed by atoms with Crippen LogP contribution in [-0.4, -0.2) is 59.3 Å². The van der Waals surface area contributed by atoms with Gasteiger partial charge in [-0.3, -0.25) is 4.90 Å². The van der Waals surface area contributed by atoms with E-state index in [-0.39, 0.29) is 12.0 Å². The maximum Gasteiger partial charge on any atom is 0.137 e. The van der Waals surface area contributed by atoms with Gasteiger partial charge < -0.3 is 10.0 Å². The van der Waals surface area contributed by atoms with Gasteiger partial charge in [-0.2, -0.15) is 0 Å². The van der Waals surface area contributed by atoms with E-state index in [0.29, 0.717) is 0 Å². The van der Waals surface area contributed by atoms with Crippen LogP contribution < -0.4 is 4.90 Å². The predicted octanol–water partition coefficient (Wildman–Crippen LogP) is 2.04. The molecule has 5 nitrogen and oxygen atoms in total. The zero-order chi connectivity index (χ0) is 15.5. The highest BCUT2D eigenvalue weighted by molar-refractivity contribution is 9.10. The first-order chi connectivity index (χ1) is 9.90. The maximum atomic E-state index is 9.07. The van der Waals surface area contributed by atoms with E-state index in [4.69, 9.17) is 10.1 Å². The van der Waals surface area contributed by atoms with E-state index >= 15 is 0 Å². The quantitative estimate of drug-likeness (QED) is 0.839. The zero-order valence-corrected chi connectivity index (χ0v) is 14.7. The second-order valence-electron chi connectivity index (χ2n) is 6.53. The van der Waals surface area contributed by atoms with Crippen molar-refractivity contribution in [1.82, 2.24) is 14.9 Å². The predicted molar refractivity (Wildman–Crippen MR) is 88.8 cm³/mol. The summed E-state index contributed by atoms with van der Waals surface area (Å²) in [6.45, 7) is 11.3. The molecule has 0 radical (unpaired) electrons. The number of anilines is 1. The molecular formula is C15H25BrN4O. The molecule has 1 aromatic rings. The van der Waals surface area contributed by atoms with E-state index in [2.05, 4.69) is 51.5 Å². The van der Waals surface area contributed by atoms with Crippen molar-refractivity contribution in [2.75, 3.05) is 44.2 Å². The van der Waals surface area contributed by atoms with Crippen LogP contribution in [0.25, 0.3) is 0 Å². The second-order valence-corrected chi connectivity index (χ2v) is 7.34. The Bertz CT molecular complexity index is 475. The molecule has 0 aliphatic carbocycles. The van der Waals surface area contributed by atoms with Gasteiger partial charge in [-0.1, -0.05) is 20.8 Å². The van der Waals surface area contributed by atoms with E-state index in [0.717, 1.165) is 55.4 Å². The summed E-state index contributed by atoms with van der Waals surface area (Å²) in [5, 5.41) is 9.07. The number of rotatable bonds is 3. The van der Waals surface area contributed by atoms with Crippen molar-refractivity contribution in [3.63, 3.8) is 0 Å². The second kappa shape index (κ2) is 7.03. The smallest absolute Gasteiger partial charge is 0.137 e. The Balaban J connectivity index is 2.16. The van der Waals surface area contributed by atoms with Crippen LogP contribution in [0.2, 0.25) is 0 Å². The topological polar surface area (TPSA) is 52.5 Å². The molecule has 0 unspecified atom stereocenters. The van der Waals surface area contributed by atoms with Gasteiger partial charge in [-0.25, -0.2) is 9.97 Å². The van der Waals surface area contributed by atoms with Gasteiger partial charge in [0.1, 0.15) is 16.2 Å². The number of aliphatic hydroxyl groups excluding tert-OH is 1. The Morgan fingerprint density at radius 3 is 2.62 bits per heavy atom. The van der Waals surface area contributed by atoms with E-state index in [1.165, 1.54) is 0 Å². The van der Waals surface area contributed by atoms with Gasteiger partial charge in [0.25, 0.3) is 0 Å². The summed E-state index contributed by atoms with van der Waals surface area (Å²) in [5.41, 5.74) is -0.0622. The summed E-state index contributed by atoms with van der Waals surface area (Å²) in [4.78, 5) is 13.9. The molecular weight excluding hydrogens is 332 g/mol. The first-order valence-electron chi connectivity index (χ1n) is 7.53. The molecule has 1 aliphatic rings. The van der Waals surface area contributed by atoms with Gasteiger partial charge in [-0.15, -0.1) is 0 Å². The van der Waals surface area contributed by atoms with Gasteiger partial charge in [-0.05, 0) is 28.9 Å². The minimum atomic E-state index is -0.0622. The highest BCUT2D eigenvalue weighted by Crippen LogP contribution is 2.24. The normalized spacial score (nSPS) is 17.9. The lowest BCUT2D eigenvalue weighted by atomic mass is 9.96. The van der Waals surface area contributed by atoms with Crippen molar-refractivity contribution in [1.29, 1.82) is 0 Å². The molecule has 118 valence electrons. The molecule has 0 saturated carbocycles. The third kappa shape index (κ3) is 4.63. The fourth-order valence-corrected chi connectivity index (χ4v) is 2.84.